The van der Waals surface area contributed by atoms with E-state index in [4.69, 9.17) is 9.97 Å². The molecule has 1 aliphatic rings. The summed E-state index contributed by atoms with van der Waals surface area (Å²) in [6.07, 6.45) is 10.7. The molecule has 176 valence electrons. The third-order valence-corrected chi connectivity index (χ3v) is 7.90. The van der Waals surface area contributed by atoms with E-state index in [9.17, 15) is 0 Å². The molecule has 1 fully saturated rings. The largest absolute Gasteiger partial charge is 0.343 e. The molecule has 0 spiro atoms. The number of nitrogens with one attached hydrogen (secondary N) is 2. The van der Waals surface area contributed by atoms with Gasteiger partial charge in [0.1, 0.15) is 5.01 Å². The predicted molar refractivity (Wildman–Crippen MR) is 142 cm³/mol. The molecule has 0 amide bonds. The van der Waals surface area contributed by atoms with E-state index in [0.717, 1.165) is 75.2 Å². The van der Waals surface area contributed by atoms with E-state index in [-0.39, 0.29) is 0 Å². The summed E-state index contributed by atoms with van der Waals surface area (Å²) in [4.78, 5) is 23.4. The predicted octanol–water partition coefficient (Wildman–Crippen LogP) is 6.05. The van der Waals surface area contributed by atoms with Gasteiger partial charge in [-0.25, -0.2) is 9.97 Å². The van der Waals surface area contributed by atoms with Crippen molar-refractivity contribution < 1.29 is 0 Å². The molecule has 1 saturated heterocycles. The Bertz CT molecular complexity index is 1460. The lowest BCUT2D eigenvalue weighted by Gasteiger charge is -2.21. The minimum Gasteiger partial charge on any atom is -0.343 e. The Kier molecular flexibility index (Phi) is 6.10. The van der Waals surface area contributed by atoms with Gasteiger partial charge < -0.3 is 10.3 Å². The molecule has 6 rings (SSSR count). The highest BCUT2D eigenvalue weighted by Gasteiger charge is 2.15. The summed E-state index contributed by atoms with van der Waals surface area (Å²) in [5.41, 5.74) is 6.76. The SMILES string of the molecule is Cc1cccc(-c2[nH]cnc2-c2ccc3ncc(-c4ncc(CCC5CCNCC5)s4)cc3c2)n1. The molecule has 5 heterocycles. The molecule has 0 aliphatic carbocycles. The van der Waals surface area contributed by atoms with Crippen LogP contribution in [-0.4, -0.2) is 38.0 Å². The van der Waals surface area contributed by atoms with Crippen LogP contribution in [0.15, 0.2) is 61.2 Å². The van der Waals surface area contributed by atoms with Crippen LogP contribution in [0.1, 0.15) is 29.8 Å². The standard InChI is InChI=1S/C28H28N6S/c1-18-3-2-4-25(34-18)27-26(32-17-33-27)20-6-8-24-21(13-20)14-22(15-30-24)28-31-16-23(35-28)7-5-19-9-11-29-12-10-19/h2-4,6,8,13-17,19,29H,5,7,9-12H2,1H3,(H,32,33). The fraction of sp³-hybridized carbons (Fsp3) is 0.286. The first-order valence-corrected chi connectivity index (χ1v) is 13.1. The number of aryl methyl sites for hydroxylation is 2. The molecule has 1 aliphatic heterocycles. The number of thiazole rings is 1. The molecule has 0 unspecified atom stereocenters. The fourth-order valence-corrected chi connectivity index (χ4v) is 5.77. The number of hydrogen-bond acceptors (Lipinski definition) is 6. The second kappa shape index (κ2) is 9.68. The molecule has 2 N–H and O–H groups in total. The van der Waals surface area contributed by atoms with Crippen molar-refractivity contribution in [2.24, 2.45) is 5.92 Å². The first-order valence-electron chi connectivity index (χ1n) is 12.3. The zero-order chi connectivity index (χ0) is 23.6. The van der Waals surface area contributed by atoms with Gasteiger partial charge in [0.05, 0.1) is 28.9 Å². The number of rotatable bonds is 6. The van der Waals surface area contributed by atoms with E-state index in [1.165, 1.54) is 24.1 Å². The second-order valence-electron chi connectivity index (χ2n) is 9.29. The molecule has 6 nitrogen and oxygen atoms in total. The summed E-state index contributed by atoms with van der Waals surface area (Å²) in [5.74, 6) is 0.837. The van der Waals surface area contributed by atoms with Crippen LogP contribution in [0.3, 0.4) is 0 Å². The van der Waals surface area contributed by atoms with Crippen molar-refractivity contribution >= 4 is 22.2 Å². The number of benzene rings is 1. The van der Waals surface area contributed by atoms with E-state index in [2.05, 4.69) is 44.5 Å². The zero-order valence-electron chi connectivity index (χ0n) is 19.8. The number of fused-ring (bicyclic) bond motifs is 1. The summed E-state index contributed by atoms with van der Waals surface area (Å²) < 4.78 is 0. The lowest BCUT2D eigenvalue weighted by Crippen LogP contribution is -2.27. The summed E-state index contributed by atoms with van der Waals surface area (Å²) in [7, 11) is 0. The number of aromatic amines is 1. The molecular formula is C28H28N6S. The van der Waals surface area contributed by atoms with Gasteiger partial charge in [-0.3, -0.25) is 9.97 Å². The first-order chi connectivity index (χ1) is 17.2. The highest BCUT2D eigenvalue weighted by molar-refractivity contribution is 7.15. The summed E-state index contributed by atoms with van der Waals surface area (Å²) in [6, 6.07) is 14.5. The smallest absolute Gasteiger partial charge is 0.125 e. The Hall–Kier alpha value is -3.42. The van der Waals surface area contributed by atoms with E-state index in [1.807, 2.05) is 37.5 Å². The number of piperidine rings is 1. The number of aromatic nitrogens is 5. The Morgan fingerprint density at radius 2 is 1.86 bits per heavy atom. The minimum absolute atomic E-state index is 0.837. The molecule has 0 atom stereocenters. The van der Waals surface area contributed by atoms with Crippen molar-refractivity contribution in [3.63, 3.8) is 0 Å². The summed E-state index contributed by atoms with van der Waals surface area (Å²) in [6.45, 7) is 4.31. The van der Waals surface area contributed by atoms with Crippen LogP contribution in [0.5, 0.6) is 0 Å². The maximum absolute atomic E-state index is 4.73. The Morgan fingerprint density at radius 3 is 2.74 bits per heavy atom. The van der Waals surface area contributed by atoms with Gasteiger partial charge >= 0.3 is 0 Å². The average Bonchev–Trinajstić information content (AvgIpc) is 3.58. The maximum atomic E-state index is 4.73. The number of nitrogens with zero attached hydrogens (tertiary/aromatic N) is 4. The molecular weight excluding hydrogens is 452 g/mol. The number of imidazole rings is 1. The van der Waals surface area contributed by atoms with Crippen LogP contribution < -0.4 is 5.32 Å². The normalized spacial score (nSPS) is 14.5. The van der Waals surface area contributed by atoms with E-state index >= 15 is 0 Å². The molecule has 35 heavy (non-hydrogen) atoms. The Morgan fingerprint density at radius 1 is 0.971 bits per heavy atom. The lowest BCUT2D eigenvalue weighted by molar-refractivity contribution is 0.355. The quantitative estimate of drug-likeness (QED) is 0.309. The van der Waals surface area contributed by atoms with Gasteiger partial charge in [-0.15, -0.1) is 11.3 Å². The van der Waals surface area contributed by atoms with Crippen LogP contribution in [0, 0.1) is 12.8 Å². The van der Waals surface area contributed by atoms with Crippen LogP contribution >= 0.6 is 11.3 Å². The number of hydrogen-bond donors (Lipinski definition) is 2. The Labute approximate surface area is 208 Å². The minimum atomic E-state index is 0.837. The van der Waals surface area contributed by atoms with E-state index in [0.29, 0.717) is 0 Å². The fourth-order valence-electron chi connectivity index (χ4n) is 4.86. The van der Waals surface area contributed by atoms with Gasteiger partial charge in [-0.1, -0.05) is 12.1 Å². The van der Waals surface area contributed by atoms with Crippen molar-refractivity contribution in [1.29, 1.82) is 0 Å². The highest BCUT2D eigenvalue weighted by Crippen LogP contribution is 2.32. The first kappa shape index (κ1) is 22.1. The molecule has 0 radical (unpaired) electrons. The third-order valence-electron chi connectivity index (χ3n) is 6.80. The average molecular weight is 481 g/mol. The van der Waals surface area contributed by atoms with Gasteiger partial charge in [0.2, 0.25) is 0 Å². The zero-order valence-corrected chi connectivity index (χ0v) is 20.6. The molecule has 7 heteroatoms. The van der Waals surface area contributed by atoms with Gasteiger partial charge in [-0.2, -0.15) is 0 Å². The van der Waals surface area contributed by atoms with Gasteiger partial charge in [0, 0.05) is 39.5 Å². The van der Waals surface area contributed by atoms with Gasteiger partial charge in [0.15, 0.2) is 0 Å². The maximum Gasteiger partial charge on any atom is 0.125 e. The van der Waals surface area contributed by atoms with Crippen LogP contribution in [0.2, 0.25) is 0 Å². The number of H-pyrrole nitrogens is 1. The molecule has 4 aromatic heterocycles. The van der Waals surface area contributed by atoms with Crippen molar-refractivity contribution in [1.82, 2.24) is 30.2 Å². The van der Waals surface area contributed by atoms with Crippen molar-refractivity contribution in [2.45, 2.75) is 32.6 Å². The highest BCUT2D eigenvalue weighted by atomic mass is 32.1. The van der Waals surface area contributed by atoms with Gasteiger partial charge in [0.25, 0.3) is 0 Å². The summed E-state index contributed by atoms with van der Waals surface area (Å²) in [5, 5.41) is 5.57. The van der Waals surface area contributed by atoms with Crippen molar-refractivity contribution in [3.05, 3.63) is 71.8 Å². The number of pyridine rings is 2. The molecule has 5 aromatic rings. The van der Waals surface area contributed by atoms with Crippen molar-refractivity contribution in [3.8, 4) is 33.2 Å². The molecule has 1 aromatic carbocycles. The van der Waals surface area contributed by atoms with Crippen LogP contribution in [0.4, 0.5) is 0 Å². The lowest BCUT2D eigenvalue weighted by atomic mass is 9.93. The topological polar surface area (TPSA) is 79.4 Å². The van der Waals surface area contributed by atoms with Crippen molar-refractivity contribution in [2.75, 3.05) is 13.1 Å². The molecule has 0 bridgehead atoms. The van der Waals surface area contributed by atoms with Crippen LogP contribution in [0.25, 0.3) is 44.1 Å². The summed E-state index contributed by atoms with van der Waals surface area (Å²) >= 11 is 1.79. The van der Waals surface area contributed by atoms with E-state index < -0.39 is 0 Å². The Balaban J connectivity index is 1.26. The third kappa shape index (κ3) is 4.74. The monoisotopic (exact) mass is 480 g/mol. The second-order valence-corrected chi connectivity index (χ2v) is 10.4. The van der Waals surface area contributed by atoms with Gasteiger partial charge in [-0.05, 0) is 81.9 Å². The molecule has 0 saturated carbocycles. The van der Waals surface area contributed by atoms with Crippen LogP contribution in [-0.2, 0) is 6.42 Å². The van der Waals surface area contributed by atoms with E-state index in [1.54, 1.807) is 17.7 Å².